The largest absolute Gasteiger partial charge is 0.399 e. The molecule has 0 aliphatic heterocycles. The molecular formula is C11H10BrN3O2. The lowest BCUT2D eigenvalue weighted by Gasteiger charge is -2.05. The number of hydrogen-bond acceptors (Lipinski definition) is 4. The number of benzene rings is 1. The normalized spacial score (nSPS) is 11.8. The molecule has 0 saturated heterocycles. The maximum Gasteiger partial charge on any atom is 0.252 e. The van der Waals surface area contributed by atoms with Gasteiger partial charge >= 0.3 is 0 Å². The Morgan fingerprint density at radius 3 is 2.76 bits per heavy atom. The summed E-state index contributed by atoms with van der Waals surface area (Å²) in [6.07, 6.45) is 1.53. The Kier molecular flexibility index (Phi) is 5.17. The first kappa shape index (κ1) is 13.2. The maximum absolute atomic E-state index is 11.6. The van der Waals surface area contributed by atoms with Crippen LogP contribution in [0.2, 0.25) is 0 Å². The maximum atomic E-state index is 11.6. The van der Waals surface area contributed by atoms with Gasteiger partial charge in [0.05, 0.1) is 12.3 Å². The number of nitrogens with one attached hydrogen (secondary N) is 1. The van der Waals surface area contributed by atoms with Crippen molar-refractivity contribution in [2.45, 2.75) is 4.95 Å². The van der Waals surface area contributed by atoms with E-state index in [1.54, 1.807) is 24.3 Å². The number of carbonyl (C=O) groups is 1. The molecule has 5 nitrogen and oxygen atoms in total. The average molecular weight is 296 g/mol. The second-order valence-electron chi connectivity index (χ2n) is 3.00. The standard InChI is InChI=1S/C11H10BrN3O2/c1-17-14-7-8-2-4-9(5-3-8)11(16)15-10(12)6-13/h2-5,7,10H,1H3,(H,15,16). The smallest absolute Gasteiger partial charge is 0.252 e. The van der Waals surface area contributed by atoms with Gasteiger partial charge in [-0.15, -0.1) is 0 Å². The minimum Gasteiger partial charge on any atom is -0.399 e. The summed E-state index contributed by atoms with van der Waals surface area (Å²) in [5, 5.41) is 14.6. The third-order valence-corrected chi connectivity index (χ3v) is 2.28. The predicted octanol–water partition coefficient (Wildman–Crippen LogP) is 1.64. The van der Waals surface area contributed by atoms with Crippen molar-refractivity contribution >= 4 is 28.1 Å². The molecule has 0 heterocycles. The summed E-state index contributed by atoms with van der Waals surface area (Å²) in [5.74, 6) is -0.316. The molecule has 0 bridgehead atoms. The van der Waals surface area contributed by atoms with Gasteiger partial charge in [-0.3, -0.25) is 4.79 Å². The average Bonchev–Trinajstić information content (AvgIpc) is 2.36. The van der Waals surface area contributed by atoms with Crippen LogP contribution in [0.15, 0.2) is 29.4 Å². The molecule has 0 fully saturated rings. The molecule has 1 aromatic rings. The summed E-state index contributed by atoms with van der Waals surface area (Å²) < 4.78 is 0. The number of hydrogen-bond donors (Lipinski definition) is 1. The second-order valence-corrected chi connectivity index (χ2v) is 3.92. The third kappa shape index (κ3) is 4.25. The van der Waals surface area contributed by atoms with Gasteiger partial charge in [0.1, 0.15) is 7.11 Å². The number of amides is 1. The van der Waals surface area contributed by atoms with Crippen LogP contribution >= 0.6 is 15.9 Å². The van der Waals surface area contributed by atoms with E-state index >= 15 is 0 Å². The van der Waals surface area contributed by atoms with Crippen molar-refractivity contribution in [1.29, 1.82) is 5.26 Å². The van der Waals surface area contributed by atoms with Crippen molar-refractivity contribution in [3.63, 3.8) is 0 Å². The van der Waals surface area contributed by atoms with Gasteiger partial charge in [-0.2, -0.15) is 5.26 Å². The summed E-state index contributed by atoms with van der Waals surface area (Å²) in [6.45, 7) is 0. The number of oxime groups is 1. The highest BCUT2D eigenvalue weighted by Crippen LogP contribution is 2.04. The molecule has 1 rings (SSSR count). The van der Waals surface area contributed by atoms with Crippen molar-refractivity contribution in [3.8, 4) is 6.07 Å². The van der Waals surface area contributed by atoms with E-state index in [1.165, 1.54) is 13.3 Å². The Hall–Kier alpha value is -1.87. The van der Waals surface area contributed by atoms with Crippen LogP contribution in [0.3, 0.4) is 0 Å². The summed E-state index contributed by atoms with van der Waals surface area (Å²) in [4.78, 5) is 15.4. The first-order valence-corrected chi connectivity index (χ1v) is 5.60. The zero-order valence-electron chi connectivity index (χ0n) is 9.05. The van der Waals surface area contributed by atoms with Crippen molar-refractivity contribution in [1.82, 2.24) is 5.32 Å². The summed E-state index contributed by atoms with van der Waals surface area (Å²) in [5.41, 5.74) is 1.29. The highest BCUT2D eigenvalue weighted by molar-refractivity contribution is 9.09. The van der Waals surface area contributed by atoms with Gasteiger partial charge in [-0.25, -0.2) is 0 Å². The molecule has 1 amide bonds. The lowest BCUT2D eigenvalue weighted by Crippen LogP contribution is -2.29. The topological polar surface area (TPSA) is 74.5 Å². The van der Waals surface area contributed by atoms with Crippen LogP contribution in [0.1, 0.15) is 15.9 Å². The quantitative estimate of drug-likeness (QED) is 0.397. The fourth-order valence-electron chi connectivity index (χ4n) is 1.06. The zero-order valence-corrected chi connectivity index (χ0v) is 10.6. The van der Waals surface area contributed by atoms with E-state index in [2.05, 4.69) is 31.2 Å². The molecule has 0 aromatic heterocycles. The first-order chi connectivity index (χ1) is 8.17. The van der Waals surface area contributed by atoms with E-state index in [1.807, 2.05) is 6.07 Å². The van der Waals surface area contributed by atoms with Crippen LogP contribution in [0.25, 0.3) is 0 Å². The Morgan fingerprint density at radius 2 is 2.24 bits per heavy atom. The van der Waals surface area contributed by atoms with Crippen molar-refractivity contribution < 1.29 is 9.63 Å². The van der Waals surface area contributed by atoms with Crippen LogP contribution in [0.5, 0.6) is 0 Å². The Morgan fingerprint density at radius 1 is 1.59 bits per heavy atom. The summed E-state index contributed by atoms with van der Waals surface area (Å²) in [7, 11) is 1.45. The van der Waals surface area contributed by atoms with Gasteiger partial charge in [0.2, 0.25) is 0 Å². The highest BCUT2D eigenvalue weighted by atomic mass is 79.9. The number of nitriles is 1. The Bertz CT molecular complexity index is 451. The Labute approximate surface area is 107 Å². The van der Waals surface area contributed by atoms with Gasteiger partial charge < -0.3 is 10.2 Å². The van der Waals surface area contributed by atoms with Crippen LogP contribution in [0.4, 0.5) is 0 Å². The van der Waals surface area contributed by atoms with Crippen LogP contribution in [0, 0.1) is 11.3 Å². The predicted molar refractivity (Wildman–Crippen MR) is 66.8 cm³/mol. The van der Waals surface area contributed by atoms with Gasteiger partial charge in [-0.05, 0) is 33.6 Å². The molecule has 1 N–H and O–H groups in total. The lowest BCUT2D eigenvalue weighted by molar-refractivity contribution is 0.0956. The number of nitrogens with zero attached hydrogens (tertiary/aromatic N) is 2. The van der Waals surface area contributed by atoms with Gasteiger partial charge in [0.25, 0.3) is 5.91 Å². The summed E-state index contributed by atoms with van der Waals surface area (Å²) in [6, 6.07) is 8.59. The van der Waals surface area contributed by atoms with Crippen LogP contribution < -0.4 is 5.32 Å². The first-order valence-electron chi connectivity index (χ1n) is 4.68. The second kappa shape index (κ2) is 6.66. The number of carbonyl (C=O) groups excluding carboxylic acids is 1. The Balaban J connectivity index is 2.71. The molecule has 88 valence electrons. The van der Waals surface area contributed by atoms with E-state index in [4.69, 9.17) is 5.26 Å². The van der Waals surface area contributed by atoms with E-state index in [0.29, 0.717) is 5.56 Å². The van der Waals surface area contributed by atoms with Gasteiger partial charge in [0, 0.05) is 5.56 Å². The highest BCUT2D eigenvalue weighted by Gasteiger charge is 2.09. The minimum atomic E-state index is -0.690. The van der Waals surface area contributed by atoms with Crippen molar-refractivity contribution in [2.75, 3.05) is 7.11 Å². The molecule has 0 spiro atoms. The molecular weight excluding hydrogens is 286 g/mol. The molecule has 0 radical (unpaired) electrons. The lowest BCUT2D eigenvalue weighted by atomic mass is 10.1. The van der Waals surface area contributed by atoms with E-state index in [9.17, 15) is 4.79 Å². The van der Waals surface area contributed by atoms with E-state index < -0.39 is 4.95 Å². The third-order valence-electron chi connectivity index (χ3n) is 1.85. The molecule has 1 unspecified atom stereocenters. The molecule has 17 heavy (non-hydrogen) atoms. The SMILES string of the molecule is CON=Cc1ccc(C(=O)NC(Br)C#N)cc1. The molecule has 6 heteroatoms. The molecule has 1 atom stereocenters. The van der Waals surface area contributed by atoms with E-state index in [-0.39, 0.29) is 5.91 Å². The van der Waals surface area contributed by atoms with Crippen molar-refractivity contribution in [2.24, 2.45) is 5.16 Å². The van der Waals surface area contributed by atoms with Gasteiger partial charge in [-0.1, -0.05) is 17.3 Å². The summed E-state index contributed by atoms with van der Waals surface area (Å²) >= 11 is 2.99. The van der Waals surface area contributed by atoms with Crippen LogP contribution in [-0.2, 0) is 4.84 Å². The molecule has 0 saturated carbocycles. The fourth-order valence-corrected chi connectivity index (χ4v) is 1.27. The van der Waals surface area contributed by atoms with Crippen molar-refractivity contribution in [3.05, 3.63) is 35.4 Å². The minimum absolute atomic E-state index is 0.316. The molecule has 0 aliphatic rings. The number of alkyl halides is 1. The van der Waals surface area contributed by atoms with E-state index in [0.717, 1.165) is 5.56 Å². The monoisotopic (exact) mass is 295 g/mol. The zero-order chi connectivity index (χ0) is 12.7. The molecule has 1 aromatic carbocycles. The fraction of sp³-hybridized carbons (Fsp3) is 0.182. The van der Waals surface area contributed by atoms with Gasteiger partial charge in [0.15, 0.2) is 4.95 Å². The number of rotatable bonds is 4. The number of halogens is 1. The molecule has 0 aliphatic carbocycles. The van der Waals surface area contributed by atoms with Crippen LogP contribution in [-0.4, -0.2) is 24.2 Å².